The Morgan fingerprint density at radius 1 is 1.33 bits per heavy atom. The Morgan fingerprint density at radius 2 is 1.92 bits per heavy atom. The Morgan fingerprint density at radius 3 is 2.42 bits per heavy atom. The van der Waals surface area contributed by atoms with Crippen LogP contribution >= 0.6 is 0 Å². The van der Waals surface area contributed by atoms with Gasteiger partial charge < -0.3 is 5.32 Å². The van der Waals surface area contributed by atoms with Gasteiger partial charge >= 0.3 is 0 Å². The number of nitrogens with one attached hydrogen (secondary N) is 1. The molecule has 0 aliphatic rings. The summed E-state index contributed by atoms with van der Waals surface area (Å²) < 4.78 is 0. The van der Waals surface area contributed by atoms with Crippen molar-refractivity contribution < 1.29 is 9.59 Å². The SMILES string of the molecule is CC(=O)C(=O)Nc1ccncc1. The van der Waals surface area contributed by atoms with Crippen LogP contribution < -0.4 is 5.32 Å². The highest BCUT2D eigenvalue weighted by Crippen LogP contribution is 2.02. The van der Waals surface area contributed by atoms with Crippen LogP contribution in [0.15, 0.2) is 24.5 Å². The Kier molecular flexibility index (Phi) is 2.53. The third kappa shape index (κ3) is 2.16. The van der Waals surface area contributed by atoms with E-state index < -0.39 is 11.7 Å². The molecule has 0 radical (unpaired) electrons. The van der Waals surface area contributed by atoms with E-state index >= 15 is 0 Å². The van der Waals surface area contributed by atoms with E-state index in [0.29, 0.717) is 5.69 Å². The molecule has 4 heteroatoms. The summed E-state index contributed by atoms with van der Waals surface area (Å²) in [5, 5.41) is 2.41. The van der Waals surface area contributed by atoms with Crippen LogP contribution in [0.2, 0.25) is 0 Å². The number of aromatic nitrogens is 1. The van der Waals surface area contributed by atoms with Crippen LogP contribution in [0.4, 0.5) is 5.69 Å². The van der Waals surface area contributed by atoms with Crippen LogP contribution in [0.25, 0.3) is 0 Å². The van der Waals surface area contributed by atoms with Gasteiger partial charge in [-0.05, 0) is 12.1 Å². The molecule has 0 bridgehead atoms. The first-order valence-electron chi connectivity index (χ1n) is 3.42. The summed E-state index contributed by atoms with van der Waals surface area (Å²) in [7, 11) is 0. The normalized spacial score (nSPS) is 9.08. The lowest BCUT2D eigenvalue weighted by molar-refractivity contribution is -0.133. The number of amides is 1. The van der Waals surface area contributed by atoms with Gasteiger partial charge in [0.15, 0.2) is 0 Å². The molecule has 1 aromatic rings. The third-order valence-corrected chi connectivity index (χ3v) is 1.26. The number of pyridine rings is 1. The van der Waals surface area contributed by atoms with E-state index in [1.165, 1.54) is 19.3 Å². The number of nitrogens with zero attached hydrogens (tertiary/aromatic N) is 1. The van der Waals surface area contributed by atoms with Gasteiger partial charge in [0.05, 0.1) is 0 Å². The number of ketones is 1. The van der Waals surface area contributed by atoms with Gasteiger partial charge in [-0.2, -0.15) is 0 Å². The van der Waals surface area contributed by atoms with Crippen molar-refractivity contribution >= 4 is 17.4 Å². The van der Waals surface area contributed by atoms with Crippen LogP contribution in [0, 0.1) is 0 Å². The van der Waals surface area contributed by atoms with E-state index in [0.717, 1.165) is 0 Å². The molecule has 0 atom stereocenters. The maximum absolute atomic E-state index is 10.8. The molecule has 1 aromatic heterocycles. The number of Topliss-reactive ketones (excluding diaryl/α,β-unsaturated/α-hetero) is 1. The van der Waals surface area contributed by atoms with Crippen molar-refractivity contribution in [3.05, 3.63) is 24.5 Å². The quantitative estimate of drug-likeness (QED) is 0.651. The monoisotopic (exact) mass is 164 g/mol. The molecule has 1 rings (SSSR count). The van der Waals surface area contributed by atoms with Crippen LogP contribution in [0.5, 0.6) is 0 Å². The highest BCUT2D eigenvalue weighted by atomic mass is 16.2. The van der Waals surface area contributed by atoms with E-state index in [-0.39, 0.29) is 0 Å². The fourth-order valence-electron chi connectivity index (χ4n) is 0.654. The fraction of sp³-hybridized carbons (Fsp3) is 0.125. The molecule has 0 aliphatic carbocycles. The van der Waals surface area contributed by atoms with Gasteiger partial charge in [-0.3, -0.25) is 14.6 Å². The Hall–Kier alpha value is -1.71. The van der Waals surface area contributed by atoms with Gasteiger partial charge in [-0.1, -0.05) is 0 Å². The van der Waals surface area contributed by atoms with Crippen LogP contribution in [0.3, 0.4) is 0 Å². The molecule has 0 fully saturated rings. The highest BCUT2D eigenvalue weighted by molar-refractivity contribution is 6.39. The molecule has 1 N–H and O–H groups in total. The average Bonchev–Trinajstić information content (AvgIpc) is 2.06. The zero-order valence-electron chi connectivity index (χ0n) is 6.57. The summed E-state index contributed by atoms with van der Waals surface area (Å²) in [4.78, 5) is 25.1. The molecule has 12 heavy (non-hydrogen) atoms. The minimum atomic E-state index is -0.610. The summed E-state index contributed by atoms with van der Waals surface area (Å²) in [5.74, 6) is -1.12. The molecule has 0 saturated carbocycles. The molecule has 0 aliphatic heterocycles. The Bertz CT molecular complexity index is 295. The predicted octanol–water partition coefficient (Wildman–Crippen LogP) is 0.609. The van der Waals surface area contributed by atoms with Crippen LogP contribution in [-0.4, -0.2) is 16.7 Å². The van der Waals surface area contributed by atoms with Gasteiger partial charge in [-0.15, -0.1) is 0 Å². The van der Waals surface area contributed by atoms with Crippen molar-refractivity contribution in [1.29, 1.82) is 0 Å². The number of hydrogen-bond donors (Lipinski definition) is 1. The second kappa shape index (κ2) is 3.61. The summed E-state index contributed by atoms with van der Waals surface area (Å²) in [6.45, 7) is 1.22. The molecular weight excluding hydrogens is 156 g/mol. The smallest absolute Gasteiger partial charge is 0.291 e. The van der Waals surface area contributed by atoms with E-state index in [2.05, 4.69) is 10.3 Å². The minimum absolute atomic E-state index is 0.508. The maximum Gasteiger partial charge on any atom is 0.291 e. The van der Waals surface area contributed by atoms with E-state index in [1.54, 1.807) is 12.1 Å². The zero-order valence-corrected chi connectivity index (χ0v) is 6.57. The van der Waals surface area contributed by atoms with Gasteiger partial charge in [0.25, 0.3) is 5.91 Å². The average molecular weight is 164 g/mol. The summed E-state index contributed by atoms with van der Waals surface area (Å²) in [6, 6.07) is 3.22. The first kappa shape index (κ1) is 8.39. The van der Waals surface area contributed by atoms with Gasteiger partial charge in [0.2, 0.25) is 5.78 Å². The number of anilines is 1. The number of rotatable bonds is 2. The molecule has 1 heterocycles. The molecule has 0 aromatic carbocycles. The van der Waals surface area contributed by atoms with E-state index in [9.17, 15) is 9.59 Å². The highest BCUT2D eigenvalue weighted by Gasteiger charge is 2.06. The summed E-state index contributed by atoms with van der Waals surface area (Å²) >= 11 is 0. The number of carbonyl (C=O) groups is 2. The first-order valence-corrected chi connectivity index (χ1v) is 3.42. The van der Waals surface area contributed by atoms with Crippen molar-refractivity contribution in [3.63, 3.8) is 0 Å². The van der Waals surface area contributed by atoms with Crippen molar-refractivity contribution in [3.8, 4) is 0 Å². The van der Waals surface area contributed by atoms with Crippen molar-refractivity contribution in [1.82, 2.24) is 4.98 Å². The van der Waals surface area contributed by atoms with E-state index in [4.69, 9.17) is 0 Å². The first-order chi connectivity index (χ1) is 5.70. The van der Waals surface area contributed by atoms with E-state index in [1.807, 2.05) is 0 Å². The predicted molar refractivity (Wildman–Crippen MR) is 43.5 cm³/mol. The number of carbonyl (C=O) groups excluding carboxylic acids is 2. The largest absolute Gasteiger partial charge is 0.319 e. The fourth-order valence-corrected chi connectivity index (χ4v) is 0.654. The summed E-state index contributed by atoms with van der Waals surface area (Å²) in [5.41, 5.74) is 0.574. The van der Waals surface area contributed by atoms with Crippen molar-refractivity contribution in [2.75, 3.05) is 5.32 Å². The molecule has 62 valence electrons. The van der Waals surface area contributed by atoms with Gasteiger partial charge in [0, 0.05) is 25.0 Å². The molecule has 0 unspecified atom stereocenters. The molecular formula is C8H8N2O2. The minimum Gasteiger partial charge on any atom is -0.319 e. The molecule has 4 nitrogen and oxygen atoms in total. The zero-order chi connectivity index (χ0) is 8.97. The van der Waals surface area contributed by atoms with Gasteiger partial charge in [-0.25, -0.2) is 0 Å². The molecule has 1 amide bonds. The lowest BCUT2D eigenvalue weighted by Gasteiger charge is -1.99. The Labute approximate surface area is 69.6 Å². The van der Waals surface area contributed by atoms with Gasteiger partial charge in [0.1, 0.15) is 0 Å². The lowest BCUT2D eigenvalue weighted by atomic mass is 10.3. The standard InChI is InChI=1S/C8H8N2O2/c1-6(11)8(12)10-7-2-4-9-5-3-7/h2-5H,1H3,(H,9,10,12). The second-order valence-corrected chi connectivity index (χ2v) is 2.25. The topological polar surface area (TPSA) is 59.1 Å². The van der Waals surface area contributed by atoms with Crippen LogP contribution in [0.1, 0.15) is 6.92 Å². The summed E-state index contributed by atoms with van der Waals surface area (Å²) in [6.07, 6.45) is 3.07. The van der Waals surface area contributed by atoms with Crippen molar-refractivity contribution in [2.45, 2.75) is 6.92 Å². The third-order valence-electron chi connectivity index (χ3n) is 1.26. The lowest BCUT2D eigenvalue weighted by Crippen LogP contribution is -2.19. The maximum atomic E-state index is 10.8. The molecule has 0 spiro atoms. The molecule has 0 saturated heterocycles. The Balaban J connectivity index is 2.65. The number of hydrogen-bond acceptors (Lipinski definition) is 3. The van der Waals surface area contributed by atoms with Crippen LogP contribution in [-0.2, 0) is 9.59 Å². The second-order valence-electron chi connectivity index (χ2n) is 2.25. The van der Waals surface area contributed by atoms with Crippen molar-refractivity contribution in [2.24, 2.45) is 0 Å².